The minimum absolute atomic E-state index is 0.629. The first-order chi connectivity index (χ1) is 7.25. The Labute approximate surface area is 105 Å². The number of benzene rings is 1. The standard InChI is InChI=1S/C10H9BrN2S2/c11-8-4-2-1-3-7(8)6-14-9-5-13-10(12)15-9/h1-5H,6H2,(H2,12,13). The third-order valence-electron chi connectivity index (χ3n) is 1.83. The summed E-state index contributed by atoms with van der Waals surface area (Å²) in [6.45, 7) is 0. The van der Waals surface area contributed by atoms with E-state index < -0.39 is 0 Å². The van der Waals surface area contributed by atoms with Crippen LogP contribution in [0.25, 0.3) is 0 Å². The highest BCUT2D eigenvalue weighted by Gasteiger charge is 2.02. The summed E-state index contributed by atoms with van der Waals surface area (Å²) >= 11 is 6.81. The molecule has 78 valence electrons. The molecule has 2 rings (SSSR count). The topological polar surface area (TPSA) is 38.9 Å². The van der Waals surface area contributed by atoms with Crippen molar-refractivity contribution in [3.63, 3.8) is 0 Å². The zero-order valence-corrected chi connectivity index (χ0v) is 11.0. The van der Waals surface area contributed by atoms with Gasteiger partial charge in [-0.2, -0.15) is 0 Å². The van der Waals surface area contributed by atoms with Gasteiger partial charge in [-0.3, -0.25) is 0 Å². The van der Waals surface area contributed by atoms with Crippen LogP contribution in [0.5, 0.6) is 0 Å². The third kappa shape index (κ3) is 2.96. The summed E-state index contributed by atoms with van der Waals surface area (Å²) in [5.41, 5.74) is 6.85. The predicted octanol–water partition coefficient (Wildman–Crippen LogP) is 3.78. The molecule has 0 bridgehead atoms. The molecule has 0 aliphatic heterocycles. The molecule has 2 N–H and O–H groups in total. The van der Waals surface area contributed by atoms with Crippen molar-refractivity contribution in [1.29, 1.82) is 0 Å². The van der Waals surface area contributed by atoms with E-state index in [4.69, 9.17) is 5.73 Å². The second kappa shape index (κ2) is 5.01. The average molecular weight is 301 g/mol. The number of anilines is 1. The Balaban J connectivity index is 2.02. The highest BCUT2D eigenvalue weighted by molar-refractivity contribution is 9.10. The van der Waals surface area contributed by atoms with Gasteiger partial charge in [0, 0.05) is 10.2 Å². The summed E-state index contributed by atoms with van der Waals surface area (Å²) in [6, 6.07) is 8.23. The second-order valence-corrected chi connectivity index (χ2v) is 6.09. The largest absolute Gasteiger partial charge is 0.375 e. The summed E-state index contributed by atoms with van der Waals surface area (Å²) in [4.78, 5) is 4.02. The molecule has 0 amide bonds. The van der Waals surface area contributed by atoms with Gasteiger partial charge in [0.05, 0.1) is 10.4 Å². The highest BCUT2D eigenvalue weighted by atomic mass is 79.9. The molecule has 1 heterocycles. The lowest BCUT2D eigenvalue weighted by molar-refractivity contribution is 1.35. The Morgan fingerprint density at radius 1 is 1.40 bits per heavy atom. The molecule has 1 aromatic carbocycles. The Morgan fingerprint density at radius 3 is 2.87 bits per heavy atom. The van der Waals surface area contributed by atoms with Gasteiger partial charge >= 0.3 is 0 Å². The molecule has 0 radical (unpaired) electrons. The minimum Gasteiger partial charge on any atom is -0.375 e. The molecular weight excluding hydrogens is 292 g/mol. The molecule has 0 aliphatic carbocycles. The number of halogens is 1. The molecule has 2 aromatic rings. The van der Waals surface area contributed by atoms with Crippen LogP contribution in [0.4, 0.5) is 5.13 Å². The SMILES string of the molecule is Nc1ncc(SCc2ccccc2Br)s1. The van der Waals surface area contributed by atoms with E-state index in [1.54, 1.807) is 11.8 Å². The number of nitrogen functional groups attached to an aromatic ring is 1. The van der Waals surface area contributed by atoms with Crippen molar-refractivity contribution in [2.75, 3.05) is 5.73 Å². The van der Waals surface area contributed by atoms with E-state index in [1.807, 2.05) is 18.3 Å². The van der Waals surface area contributed by atoms with E-state index in [-0.39, 0.29) is 0 Å². The fourth-order valence-corrected chi connectivity index (χ4v) is 3.48. The van der Waals surface area contributed by atoms with E-state index >= 15 is 0 Å². The molecule has 0 spiro atoms. The molecule has 0 fully saturated rings. The lowest BCUT2D eigenvalue weighted by atomic mass is 10.2. The molecule has 0 saturated carbocycles. The van der Waals surface area contributed by atoms with Crippen LogP contribution in [0.2, 0.25) is 0 Å². The van der Waals surface area contributed by atoms with Crippen molar-refractivity contribution in [3.05, 3.63) is 40.5 Å². The number of aromatic nitrogens is 1. The normalized spacial score (nSPS) is 10.5. The number of thioether (sulfide) groups is 1. The Kier molecular flexibility index (Phi) is 3.66. The van der Waals surface area contributed by atoms with Crippen molar-refractivity contribution >= 4 is 44.2 Å². The van der Waals surface area contributed by atoms with E-state index in [0.717, 1.165) is 14.4 Å². The lowest BCUT2D eigenvalue weighted by Gasteiger charge is -2.01. The molecule has 5 heteroatoms. The third-order valence-corrected chi connectivity index (χ3v) is 4.67. The Hall–Kier alpha value is -0.520. The number of nitrogens with zero attached hydrogens (tertiary/aromatic N) is 1. The molecule has 0 saturated heterocycles. The van der Waals surface area contributed by atoms with E-state index in [0.29, 0.717) is 5.13 Å². The molecular formula is C10H9BrN2S2. The van der Waals surface area contributed by atoms with Gasteiger partial charge in [-0.15, -0.1) is 11.8 Å². The summed E-state index contributed by atoms with van der Waals surface area (Å²) < 4.78 is 2.30. The fourth-order valence-electron chi connectivity index (χ4n) is 1.10. The molecule has 0 unspecified atom stereocenters. The first kappa shape index (κ1) is 11.0. The predicted molar refractivity (Wildman–Crippen MR) is 70.2 cm³/mol. The first-order valence-electron chi connectivity index (χ1n) is 4.33. The average Bonchev–Trinajstić information content (AvgIpc) is 2.63. The Morgan fingerprint density at radius 2 is 2.20 bits per heavy atom. The number of thiazole rings is 1. The van der Waals surface area contributed by atoms with Crippen LogP contribution in [-0.4, -0.2) is 4.98 Å². The van der Waals surface area contributed by atoms with Crippen molar-refractivity contribution in [2.24, 2.45) is 0 Å². The van der Waals surface area contributed by atoms with Crippen molar-refractivity contribution in [3.8, 4) is 0 Å². The van der Waals surface area contributed by atoms with Gasteiger partial charge in [0.1, 0.15) is 0 Å². The molecule has 2 nitrogen and oxygen atoms in total. The first-order valence-corrected chi connectivity index (χ1v) is 6.93. The van der Waals surface area contributed by atoms with Crippen LogP contribution in [0, 0.1) is 0 Å². The van der Waals surface area contributed by atoms with Crippen LogP contribution < -0.4 is 5.73 Å². The van der Waals surface area contributed by atoms with E-state index in [1.165, 1.54) is 16.9 Å². The molecule has 15 heavy (non-hydrogen) atoms. The van der Waals surface area contributed by atoms with Crippen LogP contribution in [-0.2, 0) is 5.75 Å². The summed E-state index contributed by atoms with van der Waals surface area (Å²) in [5.74, 6) is 0.934. The van der Waals surface area contributed by atoms with Gasteiger partial charge < -0.3 is 5.73 Å². The van der Waals surface area contributed by atoms with Crippen LogP contribution in [0.15, 0.2) is 39.1 Å². The Bertz CT molecular complexity index is 456. The van der Waals surface area contributed by atoms with Gasteiger partial charge in [0.25, 0.3) is 0 Å². The van der Waals surface area contributed by atoms with Gasteiger partial charge in [-0.1, -0.05) is 45.5 Å². The minimum atomic E-state index is 0.629. The summed E-state index contributed by atoms with van der Waals surface area (Å²) in [5, 5.41) is 0.629. The summed E-state index contributed by atoms with van der Waals surface area (Å²) in [6.07, 6.45) is 1.82. The van der Waals surface area contributed by atoms with Gasteiger partial charge in [0.2, 0.25) is 0 Å². The monoisotopic (exact) mass is 300 g/mol. The number of nitrogens with two attached hydrogens (primary N) is 1. The van der Waals surface area contributed by atoms with E-state index in [9.17, 15) is 0 Å². The molecule has 1 aromatic heterocycles. The zero-order valence-electron chi connectivity index (χ0n) is 7.81. The van der Waals surface area contributed by atoms with Crippen molar-refractivity contribution < 1.29 is 0 Å². The summed E-state index contributed by atoms with van der Waals surface area (Å²) in [7, 11) is 0. The van der Waals surface area contributed by atoms with Gasteiger partial charge in [-0.25, -0.2) is 4.98 Å². The van der Waals surface area contributed by atoms with Crippen LogP contribution in [0.3, 0.4) is 0 Å². The van der Waals surface area contributed by atoms with Crippen LogP contribution >= 0.6 is 39.0 Å². The van der Waals surface area contributed by atoms with Crippen LogP contribution in [0.1, 0.15) is 5.56 Å². The maximum absolute atomic E-state index is 5.56. The molecule has 0 atom stereocenters. The maximum atomic E-state index is 5.56. The second-order valence-electron chi connectivity index (χ2n) is 2.90. The lowest BCUT2D eigenvalue weighted by Crippen LogP contribution is -1.80. The fraction of sp³-hybridized carbons (Fsp3) is 0.100. The number of hydrogen-bond donors (Lipinski definition) is 1. The molecule has 0 aliphatic rings. The van der Waals surface area contributed by atoms with Gasteiger partial charge in [0.15, 0.2) is 5.13 Å². The van der Waals surface area contributed by atoms with E-state index in [2.05, 4.69) is 33.0 Å². The maximum Gasteiger partial charge on any atom is 0.181 e. The van der Waals surface area contributed by atoms with Crippen molar-refractivity contribution in [1.82, 2.24) is 4.98 Å². The zero-order chi connectivity index (χ0) is 10.7. The number of hydrogen-bond acceptors (Lipinski definition) is 4. The smallest absolute Gasteiger partial charge is 0.181 e. The number of rotatable bonds is 3. The highest BCUT2D eigenvalue weighted by Crippen LogP contribution is 2.31. The van der Waals surface area contributed by atoms with Crippen molar-refractivity contribution in [2.45, 2.75) is 9.96 Å². The van der Waals surface area contributed by atoms with Gasteiger partial charge in [-0.05, 0) is 11.6 Å². The quantitative estimate of drug-likeness (QED) is 0.877.